The fourth-order valence-electron chi connectivity index (χ4n) is 6.80. The SMILES string of the molecule is Cc1c(-c2ccccc2)c(-c2ccccc2)c2c(c1-c1ccccc1)[Si](C)(C)c1cccc3cccc-2c13. The van der Waals surface area contributed by atoms with E-state index in [0.717, 1.165) is 0 Å². The Kier molecular flexibility index (Phi) is 5.24. The van der Waals surface area contributed by atoms with Crippen LogP contribution in [0.25, 0.3) is 55.3 Å². The van der Waals surface area contributed by atoms with Gasteiger partial charge in [0.25, 0.3) is 0 Å². The second kappa shape index (κ2) is 8.68. The highest BCUT2D eigenvalue weighted by molar-refractivity contribution is 7.04. The summed E-state index contributed by atoms with van der Waals surface area (Å²) in [5.41, 5.74) is 12.2. The van der Waals surface area contributed by atoms with E-state index in [4.69, 9.17) is 0 Å². The third kappa shape index (κ3) is 3.29. The highest BCUT2D eigenvalue weighted by Crippen LogP contribution is 2.48. The monoisotopic (exact) mass is 502 g/mol. The predicted octanol–water partition coefficient (Wildman–Crippen LogP) is 8.95. The molecule has 0 aromatic heterocycles. The molecule has 0 radical (unpaired) electrons. The van der Waals surface area contributed by atoms with Crippen molar-refractivity contribution >= 4 is 29.2 Å². The highest BCUT2D eigenvalue weighted by Gasteiger charge is 2.40. The van der Waals surface area contributed by atoms with Crippen LogP contribution in [-0.2, 0) is 0 Å². The van der Waals surface area contributed by atoms with Crippen molar-refractivity contribution in [1.29, 1.82) is 0 Å². The third-order valence-corrected chi connectivity index (χ3v) is 11.9. The topological polar surface area (TPSA) is 0 Å². The van der Waals surface area contributed by atoms with Gasteiger partial charge in [0.1, 0.15) is 8.07 Å². The van der Waals surface area contributed by atoms with E-state index in [0.29, 0.717) is 0 Å². The molecule has 0 fully saturated rings. The lowest BCUT2D eigenvalue weighted by atomic mass is 9.80. The summed E-state index contributed by atoms with van der Waals surface area (Å²) < 4.78 is 0. The first-order valence-electron chi connectivity index (χ1n) is 13.5. The van der Waals surface area contributed by atoms with Crippen molar-refractivity contribution in [2.75, 3.05) is 0 Å². The molecule has 0 saturated heterocycles. The van der Waals surface area contributed by atoms with E-state index in [1.54, 1.807) is 10.4 Å². The third-order valence-electron chi connectivity index (χ3n) is 8.41. The highest BCUT2D eigenvalue weighted by atomic mass is 28.3. The van der Waals surface area contributed by atoms with Gasteiger partial charge in [-0.2, -0.15) is 0 Å². The van der Waals surface area contributed by atoms with Crippen LogP contribution in [0.2, 0.25) is 13.1 Å². The quantitative estimate of drug-likeness (QED) is 0.212. The minimum Gasteiger partial charge on any atom is -0.0622 e. The minimum atomic E-state index is -2.11. The van der Waals surface area contributed by atoms with E-state index in [1.165, 1.54) is 60.8 Å². The van der Waals surface area contributed by atoms with Gasteiger partial charge >= 0.3 is 0 Å². The molecule has 0 nitrogen and oxygen atoms in total. The average molecular weight is 503 g/mol. The van der Waals surface area contributed by atoms with E-state index >= 15 is 0 Å². The maximum atomic E-state index is 2.55. The van der Waals surface area contributed by atoms with Gasteiger partial charge in [0.05, 0.1) is 0 Å². The molecule has 1 aliphatic heterocycles. The molecule has 0 atom stereocenters. The molecule has 0 N–H and O–H groups in total. The second-order valence-corrected chi connectivity index (χ2v) is 15.2. The van der Waals surface area contributed by atoms with Gasteiger partial charge in [-0.3, -0.25) is 0 Å². The lowest BCUT2D eigenvalue weighted by molar-refractivity contribution is 1.44. The van der Waals surface area contributed by atoms with Crippen molar-refractivity contribution in [2.24, 2.45) is 0 Å². The van der Waals surface area contributed by atoms with Crippen LogP contribution in [-0.4, -0.2) is 8.07 Å². The number of rotatable bonds is 3. The van der Waals surface area contributed by atoms with Gasteiger partial charge in [-0.1, -0.05) is 140 Å². The van der Waals surface area contributed by atoms with E-state index in [1.807, 2.05) is 0 Å². The van der Waals surface area contributed by atoms with Crippen LogP contribution in [0.3, 0.4) is 0 Å². The van der Waals surface area contributed by atoms with Gasteiger partial charge < -0.3 is 0 Å². The normalized spacial score (nSPS) is 13.3. The molecule has 6 aromatic rings. The maximum Gasteiger partial charge on any atom is 0.114 e. The first-order chi connectivity index (χ1) is 18.6. The first kappa shape index (κ1) is 23.0. The van der Waals surface area contributed by atoms with Gasteiger partial charge in [-0.25, -0.2) is 0 Å². The molecule has 0 spiro atoms. The number of fused-ring (bicyclic) bond motifs is 2. The lowest BCUT2D eigenvalue weighted by Crippen LogP contribution is -2.57. The summed E-state index contributed by atoms with van der Waals surface area (Å²) in [6.07, 6.45) is 0. The van der Waals surface area contributed by atoms with Gasteiger partial charge in [0, 0.05) is 0 Å². The van der Waals surface area contributed by atoms with E-state index in [-0.39, 0.29) is 0 Å². The first-order valence-corrected chi connectivity index (χ1v) is 16.5. The summed E-state index contributed by atoms with van der Waals surface area (Å²) in [5.74, 6) is 0. The number of benzene rings is 6. The standard InChI is InChI=1S/C37H30Si/c1-25-32(26-15-7-4-8-16-26)35(29-19-11-6-12-20-29)36-30-23-13-21-28-22-14-24-31(34(28)30)38(2,3)37(36)33(25)27-17-9-5-10-18-27/h4-24H,1-3H3. The molecule has 0 bridgehead atoms. The summed E-state index contributed by atoms with van der Waals surface area (Å²) >= 11 is 0. The molecule has 1 heteroatoms. The Balaban J connectivity index is 1.78. The van der Waals surface area contributed by atoms with Crippen LogP contribution in [0.15, 0.2) is 127 Å². The number of hydrogen-bond acceptors (Lipinski definition) is 0. The molecule has 0 saturated carbocycles. The zero-order chi connectivity index (χ0) is 25.9. The van der Waals surface area contributed by atoms with Crippen molar-refractivity contribution in [1.82, 2.24) is 0 Å². The Morgan fingerprint density at radius 1 is 0.447 bits per heavy atom. The van der Waals surface area contributed by atoms with E-state index in [2.05, 4.69) is 147 Å². The Morgan fingerprint density at radius 2 is 0.947 bits per heavy atom. The van der Waals surface area contributed by atoms with Gasteiger partial charge in [-0.15, -0.1) is 0 Å². The number of hydrogen-bond donors (Lipinski definition) is 0. The average Bonchev–Trinajstić information content (AvgIpc) is 2.96. The van der Waals surface area contributed by atoms with Crippen molar-refractivity contribution < 1.29 is 0 Å². The van der Waals surface area contributed by atoms with Gasteiger partial charge in [-0.05, 0) is 78.1 Å². The fourth-order valence-corrected chi connectivity index (χ4v) is 10.3. The Hall–Kier alpha value is -4.20. The summed E-state index contributed by atoms with van der Waals surface area (Å²) in [5, 5.41) is 5.89. The lowest BCUT2D eigenvalue weighted by Gasteiger charge is -2.39. The van der Waals surface area contributed by atoms with Crippen molar-refractivity contribution in [3.63, 3.8) is 0 Å². The molecular weight excluding hydrogens is 472 g/mol. The Labute approximate surface area is 226 Å². The molecule has 6 aromatic carbocycles. The maximum absolute atomic E-state index is 2.55. The summed E-state index contributed by atoms with van der Waals surface area (Å²) in [4.78, 5) is 0. The second-order valence-electron chi connectivity index (χ2n) is 10.9. The zero-order valence-corrected chi connectivity index (χ0v) is 23.1. The zero-order valence-electron chi connectivity index (χ0n) is 22.1. The molecule has 1 heterocycles. The van der Waals surface area contributed by atoms with Crippen LogP contribution in [0.5, 0.6) is 0 Å². The largest absolute Gasteiger partial charge is 0.114 e. The minimum absolute atomic E-state index is 1.27. The van der Waals surface area contributed by atoms with Crippen LogP contribution in [0.4, 0.5) is 0 Å². The summed E-state index contributed by atoms with van der Waals surface area (Å²) in [6.45, 7) is 7.46. The van der Waals surface area contributed by atoms with Crippen LogP contribution in [0, 0.1) is 6.92 Å². The van der Waals surface area contributed by atoms with Crippen LogP contribution in [0.1, 0.15) is 5.56 Å². The molecule has 0 unspecified atom stereocenters. The molecule has 1 aliphatic rings. The Bertz CT molecular complexity index is 1810. The van der Waals surface area contributed by atoms with Gasteiger partial charge in [0.2, 0.25) is 0 Å². The van der Waals surface area contributed by atoms with Gasteiger partial charge in [0.15, 0.2) is 0 Å². The molecule has 182 valence electrons. The molecule has 0 aliphatic carbocycles. The van der Waals surface area contributed by atoms with Crippen molar-refractivity contribution in [3.05, 3.63) is 133 Å². The summed E-state index contributed by atoms with van der Waals surface area (Å²) in [6, 6.07) is 47.0. The van der Waals surface area contributed by atoms with Crippen molar-refractivity contribution in [2.45, 2.75) is 20.0 Å². The molecule has 7 rings (SSSR count). The fraction of sp³-hybridized carbons (Fsp3) is 0.0811. The smallest absolute Gasteiger partial charge is 0.0622 e. The van der Waals surface area contributed by atoms with E-state index in [9.17, 15) is 0 Å². The Morgan fingerprint density at radius 3 is 1.53 bits per heavy atom. The molecule has 38 heavy (non-hydrogen) atoms. The summed E-state index contributed by atoms with van der Waals surface area (Å²) in [7, 11) is -2.11. The van der Waals surface area contributed by atoms with Crippen molar-refractivity contribution in [3.8, 4) is 44.5 Å². The predicted molar refractivity (Wildman–Crippen MR) is 167 cm³/mol. The molecule has 0 amide bonds. The molecular formula is C37H30Si. The van der Waals surface area contributed by atoms with Crippen LogP contribution < -0.4 is 10.4 Å². The van der Waals surface area contributed by atoms with Crippen LogP contribution >= 0.6 is 0 Å². The van der Waals surface area contributed by atoms with E-state index < -0.39 is 8.07 Å².